The molecule has 0 aromatic heterocycles. The van der Waals surface area contributed by atoms with E-state index in [1.807, 2.05) is 13.8 Å². The lowest BCUT2D eigenvalue weighted by Crippen LogP contribution is -2.40. The van der Waals surface area contributed by atoms with Crippen LogP contribution in [0.15, 0.2) is 24.6 Å². The van der Waals surface area contributed by atoms with Gasteiger partial charge >= 0.3 is 14.0 Å². The van der Waals surface area contributed by atoms with Crippen LogP contribution in [-0.4, -0.2) is 79.9 Å². The third kappa shape index (κ3) is 15.2. The van der Waals surface area contributed by atoms with Crippen molar-refractivity contribution >= 4 is 24.6 Å². The summed E-state index contributed by atoms with van der Waals surface area (Å²) in [5, 5.41) is 2.56. The van der Waals surface area contributed by atoms with Gasteiger partial charge in [-0.25, -0.2) is 4.79 Å². The van der Waals surface area contributed by atoms with Crippen LogP contribution in [0.1, 0.15) is 26.7 Å². The van der Waals surface area contributed by atoms with Crippen LogP contribution in [-0.2, 0) is 9.47 Å². The second kappa shape index (κ2) is 15.1. The van der Waals surface area contributed by atoms with Crippen molar-refractivity contribution in [3.05, 3.63) is 24.6 Å². The Morgan fingerprint density at radius 2 is 1.75 bits per heavy atom. The van der Waals surface area contributed by atoms with Crippen molar-refractivity contribution in [3.63, 3.8) is 0 Å². The molecule has 0 saturated carbocycles. The van der Waals surface area contributed by atoms with Crippen LogP contribution < -0.4 is 5.32 Å². The van der Waals surface area contributed by atoms with E-state index in [0.29, 0.717) is 18.7 Å². The molecule has 0 aromatic carbocycles. The lowest BCUT2D eigenvalue weighted by molar-refractivity contribution is 0.0869. The van der Waals surface area contributed by atoms with E-state index in [2.05, 4.69) is 16.6 Å². The maximum Gasteiger partial charge on any atom is 0.423 e. The Bertz CT molecular complexity index is 486. The quantitative estimate of drug-likeness (QED) is 0.295. The lowest BCUT2D eigenvalue weighted by atomic mass is 10.2. The van der Waals surface area contributed by atoms with E-state index in [1.54, 1.807) is 26.5 Å². The zero-order valence-electron chi connectivity index (χ0n) is 17.2. The molecule has 0 unspecified atom stereocenters. The molecule has 0 spiro atoms. The summed E-state index contributed by atoms with van der Waals surface area (Å²) in [4.78, 5) is 39.9. The van der Waals surface area contributed by atoms with Gasteiger partial charge in [0.2, 0.25) is 5.49 Å². The number of hydrogen-bond donors (Lipinski definition) is 6. The zero-order chi connectivity index (χ0) is 22.4. The van der Waals surface area contributed by atoms with Gasteiger partial charge in [-0.15, -0.1) is 0 Å². The maximum absolute atomic E-state index is 11.7. The van der Waals surface area contributed by atoms with Gasteiger partial charge in [-0.05, 0) is 18.9 Å². The van der Waals surface area contributed by atoms with Crippen molar-refractivity contribution < 1.29 is 38.1 Å². The Hall–Kier alpha value is -0.750. The fourth-order valence-electron chi connectivity index (χ4n) is 2.00. The molecule has 2 amide bonds. The summed E-state index contributed by atoms with van der Waals surface area (Å²) < 4.78 is 28.9. The molecule has 0 aliphatic carbocycles. The smallest absolute Gasteiger partial charge is 0.388 e. The van der Waals surface area contributed by atoms with Crippen molar-refractivity contribution in [2.75, 3.05) is 39.1 Å². The third-order valence-corrected chi connectivity index (χ3v) is 7.09. The molecule has 10 nitrogen and oxygen atoms in total. The minimum Gasteiger partial charge on any atom is -0.388 e. The minimum atomic E-state index is -4.24. The van der Waals surface area contributed by atoms with Gasteiger partial charge in [0.05, 0.1) is 6.10 Å². The standard InChI is InChI=1S/C12H23N2O7PS.C2H6O.C2H6/c1-10-3-6-14(12(15)13-10)7-4-11(21-2)5-8-23(19,20)9-22(16,17)18;1-3-2;1-2/h3,6,11,16-18H,1,4-5,7-9H2,2H3,(H2-,13,15,19,20);1-2H3;1-2H3/p+1/t11-;;/m0../s1. The van der Waals surface area contributed by atoms with Gasteiger partial charge < -0.3 is 19.7 Å². The highest BCUT2D eigenvalue weighted by atomic mass is 32.3. The van der Waals surface area contributed by atoms with Crippen LogP contribution in [0.25, 0.3) is 0 Å². The largest absolute Gasteiger partial charge is 0.423 e. The molecule has 28 heavy (non-hydrogen) atoms. The molecular weight excluding hydrogens is 411 g/mol. The van der Waals surface area contributed by atoms with Gasteiger partial charge in [0.1, 0.15) is 0 Å². The van der Waals surface area contributed by atoms with Crippen LogP contribution in [0.5, 0.6) is 0 Å². The summed E-state index contributed by atoms with van der Waals surface area (Å²) in [6.45, 7) is 7.98. The van der Waals surface area contributed by atoms with Crippen LogP contribution >= 0.6 is 18.5 Å². The van der Waals surface area contributed by atoms with E-state index in [4.69, 9.17) is 19.4 Å². The fourth-order valence-corrected chi connectivity index (χ4v) is 5.38. The van der Waals surface area contributed by atoms with E-state index < -0.39 is 24.0 Å². The third-order valence-electron chi connectivity index (χ3n) is 3.16. The van der Waals surface area contributed by atoms with E-state index >= 15 is 0 Å². The summed E-state index contributed by atoms with van der Waals surface area (Å²) in [5.74, 6) is -0.131. The topological polar surface area (TPSA) is 152 Å². The first-order chi connectivity index (χ1) is 12.9. The Morgan fingerprint density at radius 3 is 2.18 bits per heavy atom. The van der Waals surface area contributed by atoms with Crippen molar-refractivity contribution in [1.29, 1.82) is 0 Å². The monoisotopic (exact) mass is 447 g/mol. The molecule has 12 heteroatoms. The molecule has 1 atom stereocenters. The summed E-state index contributed by atoms with van der Waals surface area (Å²) >= 11 is 0. The van der Waals surface area contributed by atoms with Gasteiger partial charge in [-0.3, -0.25) is 9.11 Å². The van der Waals surface area contributed by atoms with Crippen LogP contribution in [0.3, 0.4) is 0 Å². The highest BCUT2D eigenvalue weighted by Gasteiger charge is 2.37. The molecule has 1 aliphatic rings. The predicted molar refractivity (Wildman–Crippen MR) is 114 cm³/mol. The van der Waals surface area contributed by atoms with Gasteiger partial charge in [-0.2, -0.15) is 25.3 Å². The molecule has 1 heterocycles. The zero-order valence-corrected chi connectivity index (χ0v) is 18.9. The molecule has 6 N–H and O–H groups in total. The van der Waals surface area contributed by atoms with E-state index in [-0.39, 0.29) is 24.3 Å². The summed E-state index contributed by atoms with van der Waals surface area (Å²) in [7, 11) is -2.83. The summed E-state index contributed by atoms with van der Waals surface area (Å²) in [6.07, 6.45) is 3.60. The molecule has 0 bridgehead atoms. The molecule has 1 rings (SSSR count). The molecule has 0 aromatic rings. The van der Waals surface area contributed by atoms with Gasteiger partial charge in [0, 0.05) is 45.5 Å². The minimum absolute atomic E-state index is 0.131. The number of hydrogen-bond acceptors (Lipinski definition) is 8. The molecular formula is C16H36N2O8PS+. The first-order valence-corrected chi connectivity index (χ1v) is 12.3. The Balaban J connectivity index is 0. The van der Waals surface area contributed by atoms with E-state index in [0.717, 1.165) is 0 Å². The average molecular weight is 448 g/mol. The van der Waals surface area contributed by atoms with E-state index in [9.17, 15) is 13.9 Å². The Morgan fingerprint density at radius 1 is 1.21 bits per heavy atom. The predicted octanol–water partition coefficient (Wildman–Crippen LogP) is 2.57. The first-order valence-electron chi connectivity index (χ1n) is 8.61. The van der Waals surface area contributed by atoms with Crippen molar-refractivity contribution in [2.45, 2.75) is 32.8 Å². The molecule has 168 valence electrons. The number of nitrogens with zero attached hydrogens (tertiary/aromatic N) is 1. The number of carbonyl (C=O) groups excluding carboxylic acids is 1. The van der Waals surface area contributed by atoms with Crippen molar-refractivity contribution in [3.8, 4) is 0 Å². The number of allylic oxidation sites excluding steroid dienone is 1. The molecule has 0 saturated heterocycles. The van der Waals surface area contributed by atoms with Crippen LogP contribution in [0.2, 0.25) is 0 Å². The molecule has 1 aliphatic heterocycles. The number of methoxy groups -OCH3 is 2. The highest BCUT2D eigenvalue weighted by Crippen LogP contribution is 2.58. The van der Waals surface area contributed by atoms with Gasteiger partial charge in [-0.1, -0.05) is 20.4 Å². The lowest BCUT2D eigenvalue weighted by Gasteiger charge is -2.32. The fraction of sp³-hybridized carbons (Fsp3) is 0.688. The number of carbonyl (C=O) groups is 1. The van der Waals surface area contributed by atoms with Crippen LogP contribution in [0, 0.1) is 0 Å². The first kappa shape index (κ1) is 29.5. The molecule has 0 radical (unpaired) electrons. The van der Waals surface area contributed by atoms with Gasteiger partial charge in [0.15, 0.2) is 0 Å². The van der Waals surface area contributed by atoms with Gasteiger partial charge in [0.25, 0.3) is 0 Å². The molecule has 0 fully saturated rings. The normalized spacial score (nSPS) is 15.7. The maximum atomic E-state index is 11.7. The average Bonchev–Trinajstić information content (AvgIpc) is 2.57. The number of amides is 2. The number of ether oxygens (including phenoxy) is 2. The Kier molecular flexibility index (Phi) is 15.9. The van der Waals surface area contributed by atoms with Crippen molar-refractivity contribution in [2.24, 2.45) is 0 Å². The number of nitrogens with one attached hydrogen (secondary N) is 1. The number of urea groups is 1. The summed E-state index contributed by atoms with van der Waals surface area (Å²) in [6, 6.07) is -0.299. The van der Waals surface area contributed by atoms with E-state index in [1.165, 1.54) is 12.0 Å². The highest BCUT2D eigenvalue weighted by molar-refractivity contribution is 8.27. The number of rotatable bonds is 9. The summed E-state index contributed by atoms with van der Waals surface area (Å²) in [5.41, 5.74) is -0.331. The second-order valence-corrected chi connectivity index (χ2v) is 10.1. The second-order valence-electron chi connectivity index (χ2n) is 5.64. The van der Waals surface area contributed by atoms with Crippen LogP contribution in [0.4, 0.5) is 4.79 Å². The van der Waals surface area contributed by atoms with Crippen molar-refractivity contribution in [1.82, 2.24) is 10.2 Å². The Labute approximate surface area is 169 Å². The SMILES string of the molecule is C=C1C=CN(CC[C@@H](CCS(O)(O)C[P+](O)(O)O)OC)C(=O)N1.CC.COC.